The first-order valence-corrected chi connectivity index (χ1v) is 12.1. The summed E-state index contributed by atoms with van der Waals surface area (Å²) in [5.41, 5.74) is 0. The fraction of sp³-hybridized carbons (Fsp3) is 0.917. The second-order valence-corrected chi connectivity index (χ2v) is 9.23. The maximum atomic E-state index is 11.4. The van der Waals surface area contributed by atoms with Gasteiger partial charge in [-0.05, 0) is 32.6 Å². The molecular formula is C24H46N2O4. The van der Waals surface area contributed by atoms with E-state index in [-0.39, 0.29) is 11.9 Å². The fourth-order valence-corrected chi connectivity index (χ4v) is 3.17. The predicted octanol–water partition coefficient (Wildman–Crippen LogP) is 4.26. The minimum atomic E-state index is -0.0486. The van der Waals surface area contributed by atoms with Crippen molar-refractivity contribution >= 4 is 11.9 Å². The molecule has 30 heavy (non-hydrogen) atoms. The molecule has 6 nitrogen and oxygen atoms in total. The maximum absolute atomic E-state index is 11.4. The van der Waals surface area contributed by atoms with Crippen LogP contribution in [0.4, 0.5) is 0 Å². The number of carbonyl (C=O) groups excluding carboxylic acids is 2. The van der Waals surface area contributed by atoms with E-state index in [4.69, 9.17) is 9.47 Å². The minimum absolute atomic E-state index is 0.0343. The van der Waals surface area contributed by atoms with Gasteiger partial charge in [-0.1, -0.05) is 46.5 Å². The Kier molecular flexibility index (Phi) is 14.0. The van der Waals surface area contributed by atoms with Crippen LogP contribution >= 0.6 is 0 Å². The van der Waals surface area contributed by atoms with E-state index >= 15 is 0 Å². The molecule has 2 rings (SSSR count). The Balaban J connectivity index is 0.000000311. The van der Waals surface area contributed by atoms with Crippen LogP contribution in [0.15, 0.2) is 0 Å². The molecule has 0 saturated carbocycles. The molecule has 2 fully saturated rings. The fourth-order valence-electron chi connectivity index (χ4n) is 3.17. The molecule has 0 aromatic rings. The quantitative estimate of drug-likeness (QED) is 0.221. The van der Waals surface area contributed by atoms with Crippen LogP contribution in [0.2, 0.25) is 0 Å². The summed E-state index contributed by atoms with van der Waals surface area (Å²) in [6, 6.07) is 1.36. The summed E-state index contributed by atoms with van der Waals surface area (Å²) in [7, 11) is 0. The molecule has 0 aromatic carbocycles. The van der Waals surface area contributed by atoms with Crippen LogP contribution in [-0.2, 0) is 19.1 Å². The first-order valence-electron chi connectivity index (χ1n) is 12.1. The Morgan fingerprint density at radius 1 is 0.833 bits per heavy atom. The number of unbranched alkanes of at least 4 members (excludes halogenated alkanes) is 3. The topological polar surface area (TPSA) is 58.6 Å². The minimum Gasteiger partial charge on any atom is -0.466 e. The number of rotatable bonds is 15. The van der Waals surface area contributed by atoms with Crippen LogP contribution in [0.5, 0.6) is 0 Å². The van der Waals surface area contributed by atoms with E-state index in [1.54, 1.807) is 0 Å². The SMILES string of the molecule is CC(C)CCCCCOC(=O)CCN1CC1C.CCCCOC(=O)CCN1CC1C. The van der Waals surface area contributed by atoms with Gasteiger partial charge in [0.1, 0.15) is 0 Å². The van der Waals surface area contributed by atoms with Crippen molar-refractivity contribution in [3.63, 3.8) is 0 Å². The maximum Gasteiger partial charge on any atom is 0.307 e. The first-order chi connectivity index (χ1) is 14.3. The van der Waals surface area contributed by atoms with Crippen molar-refractivity contribution in [3.8, 4) is 0 Å². The standard InChI is InChI=1S/C14H27NO2.C10H19NO2/c1-12(2)7-5-4-6-10-17-14(16)8-9-15-11-13(15)3;1-3-4-7-13-10(12)5-6-11-8-9(11)2/h12-13H,4-11H2,1-3H3;9H,3-8H2,1-2H3. The van der Waals surface area contributed by atoms with E-state index in [0.717, 1.165) is 51.4 Å². The van der Waals surface area contributed by atoms with Crippen LogP contribution < -0.4 is 0 Å². The molecule has 0 bridgehead atoms. The lowest BCUT2D eigenvalue weighted by Crippen LogP contribution is -2.12. The average Bonchev–Trinajstić information content (AvgIpc) is 3.60. The zero-order chi connectivity index (χ0) is 22.4. The summed E-state index contributed by atoms with van der Waals surface area (Å²) < 4.78 is 10.2. The Labute approximate surface area is 184 Å². The predicted molar refractivity (Wildman–Crippen MR) is 121 cm³/mol. The highest BCUT2D eigenvalue weighted by Gasteiger charge is 2.29. The monoisotopic (exact) mass is 426 g/mol. The van der Waals surface area contributed by atoms with Gasteiger partial charge in [0.2, 0.25) is 0 Å². The Hall–Kier alpha value is -1.14. The third-order valence-electron chi connectivity index (χ3n) is 5.63. The van der Waals surface area contributed by atoms with Gasteiger partial charge >= 0.3 is 11.9 Å². The van der Waals surface area contributed by atoms with E-state index in [2.05, 4.69) is 44.4 Å². The Morgan fingerprint density at radius 2 is 1.30 bits per heavy atom. The molecule has 4 atom stereocenters. The van der Waals surface area contributed by atoms with Crippen molar-refractivity contribution < 1.29 is 19.1 Å². The molecule has 0 aliphatic carbocycles. The van der Waals surface area contributed by atoms with Crippen molar-refractivity contribution in [2.45, 2.75) is 98.1 Å². The third kappa shape index (κ3) is 14.8. The average molecular weight is 427 g/mol. The van der Waals surface area contributed by atoms with Gasteiger partial charge < -0.3 is 9.47 Å². The molecule has 2 heterocycles. The molecule has 4 unspecified atom stereocenters. The van der Waals surface area contributed by atoms with Crippen molar-refractivity contribution in [3.05, 3.63) is 0 Å². The molecule has 2 saturated heterocycles. The number of hydrogen-bond donors (Lipinski definition) is 0. The van der Waals surface area contributed by atoms with E-state index in [1.165, 1.54) is 19.3 Å². The van der Waals surface area contributed by atoms with Crippen molar-refractivity contribution in [1.29, 1.82) is 0 Å². The zero-order valence-corrected chi connectivity index (χ0v) is 20.2. The summed E-state index contributed by atoms with van der Waals surface area (Å²) in [5, 5.41) is 0. The second kappa shape index (κ2) is 15.6. The molecule has 0 spiro atoms. The van der Waals surface area contributed by atoms with E-state index in [1.807, 2.05) is 0 Å². The van der Waals surface area contributed by atoms with Gasteiger partial charge in [0.15, 0.2) is 0 Å². The van der Waals surface area contributed by atoms with Crippen LogP contribution in [0, 0.1) is 5.92 Å². The summed E-state index contributed by atoms with van der Waals surface area (Å²) >= 11 is 0. The second-order valence-electron chi connectivity index (χ2n) is 9.23. The normalized spacial score (nSPS) is 24.1. The van der Waals surface area contributed by atoms with Crippen LogP contribution in [0.1, 0.15) is 86.0 Å². The number of esters is 2. The number of hydrogen-bond acceptors (Lipinski definition) is 6. The van der Waals surface area contributed by atoms with Gasteiger partial charge in [0.05, 0.1) is 26.1 Å². The molecular weight excluding hydrogens is 380 g/mol. The van der Waals surface area contributed by atoms with Crippen molar-refractivity contribution in [2.24, 2.45) is 5.92 Å². The van der Waals surface area contributed by atoms with Crippen LogP contribution in [0.25, 0.3) is 0 Å². The van der Waals surface area contributed by atoms with E-state index in [0.29, 0.717) is 38.1 Å². The highest BCUT2D eigenvalue weighted by Crippen LogP contribution is 2.16. The van der Waals surface area contributed by atoms with Gasteiger partial charge in [-0.25, -0.2) is 0 Å². The molecule has 2 aliphatic heterocycles. The van der Waals surface area contributed by atoms with Gasteiger partial charge in [0.25, 0.3) is 0 Å². The summed E-state index contributed by atoms with van der Waals surface area (Å²) in [6.45, 7) is 16.1. The molecule has 176 valence electrons. The lowest BCUT2D eigenvalue weighted by Gasteiger charge is -2.06. The lowest BCUT2D eigenvalue weighted by atomic mass is 10.1. The summed E-state index contributed by atoms with van der Waals surface area (Å²) in [4.78, 5) is 27.0. The largest absolute Gasteiger partial charge is 0.466 e. The lowest BCUT2D eigenvalue weighted by molar-refractivity contribution is -0.144. The van der Waals surface area contributed by atoms with Crippen molar-refractivity contribution in [2.75, 3.05) is 39.4 Å². The van der Waals surface area contributed by atoms with Gasteiger partial charge in [-0.15, -0.1) is 0 Å². The Bertz CT molecular complexity index is 484. The number of nitrogens with zero attached hydrogens (tertiary/aromatic N) is 2. The zero-order valence-electron chi connectivity index (χ0n) is 20.2. The molecule has 6 heteroatoms. The summed E-state index contributed by atoms with van der Waals surface area (Å²) in [6.07, 6.45) is 7.88. The molecule has 0 N–H and O–H groups in total. The van der Waals surface area contributed by atoms with Gasteiger partial charge in [-0.2, -0.15) is 0 Å². The number of ether oxygens (including phenoxy) is 2. The molecule has 0 radical (unpaired) electrons. The highest BCUT2D eigenvalue weighted by molar-refractivity contribution is 5.69. The molecule has 0 aromatic heterocycles. The van der Waals surface area contributed by atoms with Crippen LogP contribution in [0.3, 0.4) is 0 Å². The molecule has 0 amide bonds. The Morgan fingerprint density at radius 3 is 1.70 bits per heavy atom. The first kappa shape index (κ1) is 26.9. The third-order valence-corrected chi connectivity index (χ3v) is 5.63. The number of carbonyl (C=O) groups is 2. The van der Waals surface area contributed by atoms with Gasteiger partial charge in [0, 0.05) is 38.3 Å². The molecule has 2 aliphatic rings. The highest BCUT2D eigenvalue weighted by atomic mass is 16.5. The smallest absolute Gasteiger partial charge is 0.307 e. The van der Waals surface area contributed by atoms with Gasteiger partial charge in [-0.3, -0.25) is 19.4 Å². The van der Waals surface area contributed by atoms with Crippen LogP contribution in [-0.4, -0.2) is 73.2 Å². The van der Waals surface area contributed by atoms with Crippen molar-refractivity contribution in [1.82, 2.24) is 9.80 Å². The summed E-state index contributed by atoms with van der Waals surface area (Å²) in [5.74, 6) is 0.702. The van der Waals surface area contributed by atoms with E-state index < -0.39 is 0 Å². The van der Waals surface area contributed by atoms with E-state index in [9.17, 15) is 9.59 Å².